The van der Waals surface area contributed by atoms with Gasteiger partial charge in [-0.25, -0.2) is 13.2 Å². The number of alkyl halides is 2. The normalized spacial score (nSPS) is 20.4. The van der Waals surface area contributed by atoms with E-state index >= 15 is 4.39 Å². The fourth-order valence-electron chi connectivity index (χ4n) is 6.45. The first-order valence-corrected chi connectivity index (χ1v) is 15.6. The number of aryl methyl sites for hydroxylation is 1. The summed E-state index contributed by atoms with van der Waals surface area (Å²) in [5.74, 6) is -2.88. The molecule has 3 N–H and O–H groups in total. The molecule has 0 radical (unpaired) electrons. The number of piperazine rings is 1. The lowest BCUT2D eigenvalue weighted by molar-refractivity contribution is -0.128. The third-order valence-electron chi connectivity index (χ3n) is 9.00. The largest absolute Gasteiger partial charge is 0.462 e. The van der Waals surface area contributed by atoms with Crippen LogP contribution in [0.15, 0.2) is 30.9 Å². The quantitative estimate of drug-likeness (QED) is 0.248. The number of nitrogen functional groups attached to an aromatic ring is 1. The molecule has 2 aliphatic rings. The first kappa shape index (κ1) is 31.9. The molecule has 244 valence electrons. The molecule has 1 amide bonds. The lowest BCUT2D eigenvalue weighted by atomic mass is 9.94. The molecule has 2 aliphatic heterocycles. The number of nitrogens with one attached hydrogen (secondary N) is 1. The number of halogens is 4. The number of rotatable bonds is 7. The number of anilines is 2. The minimum atomic E-state index is -2.65. The molecule has 2 fully saturated rings. The molecule has 4 aromatic rings. The van der Waals surface area contributed by atoms with Gasteiger partial charge in [0.2, 0.25) is 5.91 Å². The number of fused-ring (bicyclic) bond motifs is 2. The van der Waals surface area contributed by atoms with E-state index in [-0.39, 0.29) is 78.5 Å². The molecule has 0 aliphatic carbocycles. The van der Waals surface area contributed by atoms with Crippen LogP contribution in [-0.2, 0) is 4.79 Å². The average molecular weight is 657 g/mol. The number of H-pyrrole nitrogens is 1. The summed E-state index contributed by atoms with van der Waals surface area (Å²) in [6, 6.07) is 4.84. The molecule has 0 saturated carbocycles. The van der Waals surface area contributed by atoms with Gasteiger partial charge in [0.1, 0.15) is 17.9 Å². The Balaban J connectivity index is 1.44. The summed E-state index contributed by atoms with van der Waals surface area (Å²) in [5, 5.41) is 8.04. The zero-order valence-electron chi connectivity index (χ0n) is 25.9. The van der Waals surface area contributed by atoms with E-state index in [1.807, 2.05) is 42.7 Å². The molecule has 0 unspecified atom stereocenters. The van der Waals surface area contributed by atoms with Crippen molar-refractivity contribution in [3.8, 4) is 17.1 Å². The fraction of sp³-hybridized carbons (Fsp3) is 0.438. The molecule has 14 heteroatoms. The van der Waals surface area contributed by atoms with Crippen LogP contribution in [0.3, 0.4) is 0 Å². The third-order valence-corrected chi connectivity index (χ3v) is 9.30. The summed E-state index contributed by atoms with van der Waals surface area (Å²) < 4.78 is 50.2. The van der Waals surface area contributed by atoms with Gasteiger partial charge in [-0.1, -0.05) is 24.2 Å². The second kappa shape index (κ2) is 12.3. The molecule has 10 nitrogen and oxygen atoms in total. The summed E-state index contributed by atoms with van der Waals surface area (Å²) in [5.41, 5.74) is 8.19. The maximum absolute atomic E-state index is 16.9. The highest BCUT2D eigenvalue weighted by Crippen LogP contribution is 2.44. The highest BCUT2D eigenvalue weighted by atomic mass is 35.5. The minimum Gasteiger partial charge on any atom is -0.462 e. The predicted octanol–water partition coefficient (Wildman–Crippen LogP) is 5.58. The van der Waals surface area contributed by atoms with Crippen molar-refractivity contribution in [2.75, 3.05) is 50.0 Å². The second-order valence-electron chi connectivity index (χ2n) is 12.2. The van der Waals surface area contributed by atoms with Crippen LogP contribution in [0.1, 0.15) is 32.3 Å². The Kier molecular flexibility index (Phi) is 8.49. The number of carbonyl (C=O) groups excluding carboxylic acids is 1. The molecule has 2 aromatic carbocycles. The maximum atomic E-state index is 16.9. The van der Waals surface area contributed by atoms with Crippen LogP contribution < -0.4 is 15.4 Å². The number of benzene rings is 2. The number of amides is 1. The predicted molar refractivity (Wildman–Crippen MR) is 173 cm³/mol. The lowest BCUT2D eigenvalue weighted by Crippen LogP contribution is -2.58. The molecule has 46 heavy (non-hydrogen) atoms. The van der Waals surface area contributed by atoms with Crippen LogP contribution >= 0.6 is 11.6 Å². The van der Waals surface area contributed by atoms with Gasteiger partial charge in [-0.2, -0.15) is 15.1 Å². The Bertz CT molecular complexity index is 1820. The van der Waals surface area contributed by atoms with Crippen LogP contribution in [-0.4, -0.2) is 93.2 Å². The number of nitrogens with zero attached hydrogens (tertiary/aromatic N) is 6. The van der Waals surface area contributed by atoms with Gasteiger partial charge in [-0.3, -0.25) is 14.8 Å². The molecule has 4 heterocycles. The number of aromatic nitrogens is 4. The Morgan fingerprint density at radius 2 is 1.93 bits per heavy atom. The molecule has 2 aromatic heterocycles. The number of carbonyl (C=O) groups is 1. The number of hydrogen-bond donors (Lipinski definition) is 2. The molecule has 6 rings (SSSR count). The van der Waals surface area contributed by atoms with Gasteiger partial charge in [-0.05, 0) is 44.5 Å². The van der Waals surface area contributed by atoms with E-state index in [2.05, 4.69) is 21.8 Å². The van der Waals surface area contributed by atoms with Crippen molar-refractivity contribution in [2.24, 2.45) is 0 Å². The lowest BCUT2D eigenvalue weighted by Gasteiger charge is -2.44. The minimum absolute atomic E-state index is 0.0000605. The van der Waals surface area contributed by atoms with Gasteiger partial charge in [-0.15, -0.1) is 0 Å². The van der Waals surface area contributed by atoms with Crippen molar-refractivity contribution in [2.45, 2.75) is 51.6 Å². The van der Waals surface area contributed by atoms with Crippen molar-refractivity contribution in [1.82, 2.24) is 30.0 Å². The van der Waals surface area contributed by atoms with Gasteiger partial charge in [0.15, 0.2) is 11.6 Å². The monoisotopic (exact) mass is 656 g/mol. The Morgan fingerprint density at radius 3 is 2.65 bits per heavy atom. The average Bonchev–Trinajstić information content (AvgIpc) is 3.40. The number of nitrogens with two attached hydrogens (primary N) is 1. The molecule has 0 spiro atoms. The van der Waals surface area contributed by atoms with Gasteiger partial charge in [0.25, 0.3) is 5.92 Å². The third kappa shape index (κ3) is 5.81. The zero-order chi connectivity index (χ0) is 32.9. The number of aromatic amines is 1. The summed E-state index contributed by atoms with van der Waals surface area (Å²) in [6.45, 7) is 11.1. The number of likely N-dealkylation sites (tertiary alicyclic amines) is 1. The van der Waals surface area contributed by atoms with Crippen LogP contribution in [0.4, 0.5) is 24.8 Å². The first-order chi connectivity index (χ1) is 21.9. The van der Waals surface area contributed by atoms with Crippen molar-refractivity contribution >= 4 is 50.9 Å². The molecule has 0 bridgehead atoms. The van der Waals surface area contributed by atoms with Crippen molar-refractivity contribution in [3.63, 3.8) is 0 Å². The maximum Gasteiger partial charge on any atom is 0.319 e. The topological polar surface area (TPSA) is 116 Å². The van der Waals surface area contributed by atoms with Gasteiger partial charge < -0.3 is 20.3 Å². The van der Waals surface area contributed by atoms with Crippen molar-refractivity contribution in [1.29, 1.82) is 0 Å². The van der Waals surface area contributed by atoms with E-state index in [0.29, 0.717) is 47.3 Å². The molecule has 2 saturated heterocycles. The van der Waals surface area contributed by atoms with E-state index in [4.69, 9.17) is 27.1 Å². The summed E-state index contributed by atoms with van der Waals surface area (Å²) in [6.07, 6.45) is 0.880. The standard InChI is InChI=1S/C32H36ClF3N8O2/c1-5-23(45)43-15-19(4)44(16-18(43)3)30-20-14-21(33)25(24-17(2)6-7-22-26(24)29(37)41-40-22)27(34)28(20)38-31(39-30)46-13-12-42-10-8-32(35,36)9-11-42/h5-7,14,18-19H,1,8-13,15-16H2,2-4H3,(H3,37,40,41)/t18-,19+/m1/s1. The first-order valence-electron chi connectivity index (χ1n) is 15.2. The second-order valence-corrected chi connectivity index (χ2v) is 12.6. The number of ether oxygens (including phenoxy) is 1. The van der Waals surface area contributed by atoms with Crippen LogP contribution in [0, 0.1) is 12.7 Å². The van der Waals surface area contributed by atoms with Gasteiger partial charge in [0, 0.05) is 74.2 Å². The molecular formula is C32H36ClF3N8O2. The summed E-state index contributed by atoms with van der Waals surface area (Å²) in [4.78, 5) is 27.4. The highest BCUT2D eigenvalue weighted by molar-refractivity contribution is 6.35. The summed E-state index contributed by atoms with van der Waals surface area (Å²) >= 11 is 6.88. The fourth-order valence-corrected chi connectivity index (χ4v) is 6.74. The van der Waals surface area contributed by atoms with Crippen LogP contribution in [0.5, 0.6) is 6.01 Å². The Hall–Kier alpha value is -4.10. The Morgan fingerprint density at radius 1 is 1.20 bits per heavy atom. The number of piperidine rings is 1. The molecule has 2 atom stereocenters. The SMILES string of the molecule is C=CC(=O)N1C[C@H](C)N(c2nc(OCCN3CCC(F)(F)CC3)nc3c(F)c(-c4c(C)ccc5[nH]nc(N)c45)c(Cl)cc23)C[C@H]1C. The van der Waals surface area contributed by atoms with Crippen LogP contribution in [0.2, 0.25) is 5.02 Å². The van der Waals surface area contributed by atoms with E-state index in [9.17, 15) is 13.6 Å². The highest BCUT2D eigenvalue weighted by Gasteiger charge is 2.35. The van der Waals surface area contributed by atoms with E-state index < -0.39 is 11.7 Å². The van der Waals surface area contributed by atoms with Crippen molar-refractivity contribution < 1.29 is 22.7 Å². The zero-order valence-corrected chi connectivity index (χ0v) is 26.7. The Labute approximate surface area is 269 Å². The van der Waals surface area contributed by atoms with E-state index in [0.717, 1.165) is 5.56 Å². The summed E-state index contributed by atoms with van der Waals surface area (Å²) in [7, 11) is 0. The smallest absolute Gasteiger partial charge is 0.319 e. The van der Waals surface area contributed by atoms with E-state index in [1.54, 1.807) is 11.0 Å². The van der Waals surface area contributed by atoms with Crippen LogP contribution in [0.25, 0.3) is 32.9 Å². The number of hydrogen-bond acceptors (Lipinski definition) is 8. The van der Waals surface area contributed by atoms with Crippen molar-refractivity contribution in [3.05, 3.63) is 47.3 Å². The van der Waals surface area contributed by atoms with Gasteiger partial charge >= 0.3 is 6.01 Å². The molecular weight excluding hydrogens is 621 g/mol. The van der Waals surface area contributed by atoms with Gasteiger partial charge in [0.05, 0.1) is 15.9 Å². The van der Waals surface area contributed by atoms with E-state index in [1.165, 1.54) is 6.08 Å².